The van der Waals surface area contributed by atoms with Crippen molar-refractivity contribution in [3.05, 3.63) is 0 Å². The summed E-state index contributed by atoms with van der Waals surface area (Å²) >= 11 is 0. The van der Waals surface area contributed by atoms with E-state index in [1.807, 2.05) is 0 Å². The molecule has 0 aliphatic heterocycles. The predicted octanol–water partition coefficient (Wildman–Crippen LogP) is 0.463. The van der Waals surface area contributed by atoms with Crippen molar-refractivity contribution in [1.29, 1.82) is 0 Å². The summed E-state index contributed by atoms with van der Waals surface area (Å²) in [6.07, 6.45) is 4.86. The van der Waals surface area contributed by atoms with Gasteiger partial charge in [0.25, 0.3) is 0 Å². The second-order valence-corrected chi connectivity index (χ2v) is 3.02. The van der Waals surface area contributed by atoms with Crippen molar-refractivity contribution in [2.75, 3.05) is 6.54 Å². The van der Waals surface area contributed by atoms with E-state index in [-0.39, 0.29) is 0 Å². The fourth-order valence-electron chi connectivity index (χ4n) is 1.42. The largest absolute Gasteiger partial charge is 0.330 e. The minimum absolute atomic E-state index is 0.466. The van der Waals surface area contributed by atoms with Crippen LogP contribution in [0.4, 0.5) is 0 Å². The Labute approximate surface area is 56.6 Å². The third-order valence-electron chi connectivity index (χ3n) is 2.22. The first-order valence-electron chi connectivity index (χ1n) is 3.78. The second kappa shape index (κ2) is 3.18. The summed E-state index contributed by atoms with van der Waals surface area (Å²) in [5.41, 5.74) is 11.2. The first-order valence-corrected chi connectivity index (χ1v) is 3.78. The fourth-order valence-corrected chi connectivity index (χ4v) is 1.42. The topological polar surface area (TPSA) is 52.0 Å². The minimum atomic E-state index is 0.466. The van der Waals surface area contributed by atoms with E-state index in [1.165, 1.54) is 25.7 Å². The first-order chi connectivity index (χ1) is 4.33. The first kappa shape index (κ1) is 7.03. The maximum absolute atomic E-state index is 5.71. The van der Waals surface area contributed by atoms with Gasteiger partial charge in [-0.1, -0.05) is 0 Å². The summed E-state index contributed by atoms with van der Waals surface area (Å²) in [6, 6.07) is 0.466. The van der Waals surface area contributed by atoms with E-state index in [0.29, 0.717) is 6.04 Å². The molecule has 0 heterocycles. The van der Waals surface area contributed by atoms with Gasteiger partial charge in [0.15, 0.2) is 0 Å². The summed E-state index contributed by atoms with van der Waals surface area (Å²) in [7, 11) is 0. The van der Waals surface area contributed by atoms with E-state index in [9.17, 15) is 0 Å². The molecule has 0 aromatic carbocycles. The quantitative estimate of drug-likeness (QED) is 0.539. The predicted molar refractivity (Wildman–Crippen MR) is 39.0 cm³/mol. The third-order valence-corrected chi connectivity index (χ3v) is 2.22. The van der Waals surface area contributed by atoms with E-state index in [0.717, 1.165) is 12.5 Å². The molecule has 0 aromatic heterocycles. The summed E-state index contributed by atoms with van der Waals surface area (Å²) in [5.74, 6) is 0.768. The zero-order valence-corrected chi connectivity index (χ0v) is 5.84. The van der Waals surface area contributed by atoms with Crippen molar-refractivity contribution in [1.82, 2.24) is 0 Å². The zero-order chi connectivity index (χ0) is 6.69. The Hall–Kier alpha value is -0.0800. The van der Waals surface area contributed by atoms with Crippen molar-refractivity contribution in [2.45, 2.75) is 31.7 Å². The molecule has 0 bridgehead atoms. The van der Waals surface area contributed by atoms with Crippen LogP contribution in [0.1, 0.15) is 25.7 Å². The monoisotopic (exact) mass is 128 g/mol. The highest BCUT2D eigenvalue weighted by molar-refractivity contribution is 4.74. The fraction of sp³-hybridized carbons (Fsp3) is 1.00. The van der Waals surface area contributed by atoms with Crippen LogP contribution in [0.25, 0.3) is 0 Å². The van der Waals surface area contributed by atoms with Crippen LogP contribution < -0.4 is 11.5 Å². The summed E-state index contributed by atoms with van der Waals surface area (Å²) in [4.78, 5) is 0. The van der Waals surface area contributed by atoms with Gasteiger partial charge < -0.3 is 11.5 Å². The molecular weight excluding hydrogens is 112 g/mol. The lowest BCUT2D eigenvalue weighted by Gasteiger charge is -2.24. The Morgan fingerprint density at radius 2 is 1.67 bits per heavy atom. The van der Waals surface area contributed by atoms with Crippen molar-refractivity contribution < 1.29 is 0 Å². The Balaban J connectivity index is 2.18. The minimum Gasteiger partial charge on any atom is -0.330 e. The normalized spacial score (nSPS) is 36.7. The molecule has 0 amide bonds. The van der Waals surface area contributed by atoms with Crippen LogP contribution in [0.3, 0.4) is 0 Å². The van der Waals surface area contributed by atoms with E-state index < -0.39 is 0 Å². The van der Waals surface area contributed by atoms with Crippen molar-refractivity contribution in [2.24, 2.45) is 17.4 Å². The Bertz CT molecular complexity index is 75.0. The maximum atomic E-state index is 5.71. The maximum Gasteiger partial charge on any atom is 0.00390 e. The SMILES string of the molecule is NC[C@H]1CC[C@H](N)CC1. The molecule has 0 aromatic rings. The molecule has 0 unspecified atom stereocenters. The molecule has 2 heteroatoms. The molecule has 0 spiro atoms. The number of nitrogens with two attached hydrogens (primary N) is 2. The van der Waals surface area contributed by atoms with Gasteiger partial charge in [-0.25, -0.2) is 0 Å². The van der Waals surface area contributed by atoms with Gasteiger partial charge in [-0.2, -0.15) is 0 Å². The standard InChI is InChI=1S/C7H16N2/c8-5-6-1-3-7(9)4-2-6/h6-7H,1-5,8-9H2/t6-,7-. The number of hydrogen-bond acceptors (Lipinski definition) is 2. The van der Waals surface area contributed by atoms with Gasteiger partial charge in [-0.05, 0) is 38.1 Å². The molecule has 9 heavy (non-hydrogen) atoms. The molecule has 0 saturated heterocycles. The molecule has 2 nitrogen and oxygen atoms in total. The Morgan fingerprint density at radius 3 is 2.11 bits per heavy atom. The molecule has 1 saturated carbocycles. The summed E-state index contributed by atoms with van der Waals surface area (Å²) in [6.45, 7) is 0.854. The third kappa shape index (κ3) is 1.95. The van der Waals surface area contributed by atoms with Crippen LogP contribution in [0.2, 0.25) is 0 Å². The van der Waals surface area contributed by atoms with Gasteiger partial charge in [-0.15, -0.1) is 0 Å². The summed E-state index contributed by atoms with van der Waals surface area (Å²) < 4.78 is 0. The Kier molecular flexibility index (Phi) is 2.49. The van der Waals surface area contributed by atoms with Crippen molar-refractivity contribution in [3.8, 4) is 0 Å². The molecular formula is C7H16N2. The lowest BCUT2D eigenvalue weighted by molar-refractivity contribution is 0.333. The van der Waals surface area contributed by atoms with Gasteiger partial charge in [0, 0.05) is 6.04 Å². The van der Waals surface area contributed by atoms with Crippen LogP contribution in [0.15, 0.2) is 0 Å². The average molecular weight is 128 g/mol. The van der Waals surface area contributed by atoms with Crippen LogP contribution in [0, 0.1) is 5.92 Å². The molecule has 1 rings (SSSR count). The number of rotatable bonds is 1. The highest BCUT2D eigenvalue weighted by Gasteiger charge is 2.16. The van der Waals surface area contributed by atoms with Gasteiger partial charge in [-0.3, -0.25) is 0 Å². The molecule has 0 atom stereocenters. The molecule has 1 aliphatic carbocycles. The lowest BCUT2D eigenvalue weighted by Crippen LogP contribution is -2.29. The van der Waals surface area contributed by atoms with Crippen molar-refractivity contribution in [3.63, 3.8) is 0 Å². The van der Waals surface area contributed by atoms with Crippen LogP contribution in [-0.4, -0.2) is 12.6 Å². The molecule has 1 fully saturated rings. The molecule has 54 valence electrons. The van der Waals surface area contributed by atoms with Crippen LogP contribution in [-0.2, 0) is 0 Å². The van der Waals surface area contributed by atoms with Gasteiger partial charge >= 0.3 is 0 Å². The average Bonchev–Trinajstić information content (AvgIpc) is 1.90. The second-order valence-electron chi connectivity index (χ2n) is 3.02. The highest BCUT2D eigenvalue weighted by atomic mass is 14.6. The van der Waals surface area contributed by atoms with E-state index in [2.05, 4.69) is 0 Å². The van der Waals surface area contributed by atoms with Crippen LogP contribution in [0.5, 0.6) is 0 Å². The lowest BCUT2D eigenvalue weighted by atomic mass is 9.87. The smallest absolute Gasteiger partial charge is 0.00390 e. The van der Waals surface area contributed by atoms with Gasteiger partial charge in [0.05, 0.1) is 0 Å². The van der Waals surface area contributed by atoms with E-state index >= 15 is 0 Å². The van der Waals surface area contributed by atoms with Gasteiger partial charge in [0.1, 0.15) is 0 Å². The van der Waals surface area contributed by atoms with Crippen molar-refractivity contribution >= 4 is 0 Å². The van der Waals surface area contributed by atoms with Crippen LogP contribution >= 0.6 is 0 Å². The zero-order valence-electron chi connectivity index (χ0n) is 5.84. The molecule has 4 N–H and O–H groups in total. The van der Waals surface area contributed by atoms with E-state index in [4.69, 9.17) is 11.5 Å². The van der Waals surface area contributed by atoms with E-state index in [1.54, 1.807) is 0 Å². The molecule has 1 aliphatic rings. The summed E-state index contributed by atoms with van der Waals surface area (Å²) in [5, 5.41) is 0. The highest BCUT2D eigenvalue weighted by Crippen LogP contribution is 2.21. The number of hydrogen-bond donors (Lipinski definition) is 2. The molecule has 0 radical (unpaired) electrons. The van der Waals surface area contributed by atoms with Gasteiger partial charge in [0.2, 0.25) is 0 Å². The Morgan fingerprint density at radius 1 is 1.11 bits per heavy atom.